The largest absolute Gasteiger partial charge is 0.416 e. The monoisotopic (exact) mass is 286 g/mol. The molecule has 0 aliphatic rings. The SMILES string of the molecule is Cl.NCCC[C@@H](N)c1c(F)cccc1C(F)(F)F. The van der Waals surface area contributed by atoms with E-state index < -0.39 is 29.2 Å². The maximum absolute atomic E-state index is 13.4. The molecule has 0 radical (unpaired) electrons. The van der Waals surface area contributed by atoms with E-state index in [0.717, 1.165) is 18.2 Å². The fourth-order valence-corrected chi connectivity index (χ4v) is 1.64. The lowest BCUT2D eigenvalue weighted by Crippen LogP contribution is -2.20. The molecule has 0 aromatic heterocycles. The van der Waals surface area contributed by atoms with Crippen LogP contribution in [0.1, 0.15) is 30.0 Å². The smallest absolute Gasteiger partial charge is 0.330 e. The van der Waals surface area contributed by atoms with Crippen LogP contribution in [0.25, 0.3) is 0 Å². The molecule has 0 aliphatic carbocycles. The topological polar surface area (TPSA) is 52.0 Å². The summed E-state index contributed by atoms with van der Waals surface area (Å²) in [5.41, 5.74) is 9.34. The zero-order chi connectivity index (χ0) is 13.1. The summed E-state index contributed by atoms with van der Waals surface area (Å²) in [6.45, 7) is 0.309. The summed E-state index contributed by atoms with van der Waals surface area (Å²) in [5.74, 6) is -0.927. The quantitative estimate of drug-likeness (QED) is 0.836. The Balaban J connectivity index is 0.00000289. The summed E-state index contributed by atoms with van der Waals surface area (Å²) in [6, 6.07) is 1.85. The number of hydrogen-bond acceptors (Lipinski definition) is 2. The highest BCUT2D eigenvalue weighted by Gasteiger charge is 2.35. The van der Waals surface area contributed by atoms with Crippen molar-refractivity contribution in [3.63, 3.8) is 0 Å². The van der Waals surface area contributed by atoms with Crippen molar-refractivity contribution in [1.29, 1.82) is 0 Å². The zero-order valence-corrected chi connectivity index (χ0v) is 10.3. The maximum Gasteiger partial charge on any atom is 0.416 e. The van der Waals surface area contributed by atoms with Crippen LogP contribution < -0.4 is 11.5 Å². The van der Waals surface area contributed by atoms with Crippen LogP contribution in [0.5, 0.6) is 0 Å². The van der Waals surface area contributed by atoms with Crippen molar-refractivity contribution in [2.75, 3.05) is 6.54 Å². The van der Waals surface area contributed by atoms with Crippen molar-refractivity contribution in [2.45, 2.75) is 25.1 Å². The van der Waals surface area contributed by atoms with E-state index in [9.17, 15) is 17.6 Å². The molecule has 1 aromatic rings. The van der Waals surface area contributed by atoms with Gasteiger partial charge in [-0.1, -0.05) is 6.07 Å². The standard InChI is InChI=1S/C11H14F4N2.ClH/c12-8-4-1-3-7(11(13,14)15)10(8)9(17)5-2-6-16;/h1,3-4,9H,2,5-6,16-17H2;1H/t9-;/m1./s1. The minimum absolute atomic E-state index is 0. The third kappa shape index (κ3) is 4.12. The molecule has 1 atom stereocenters. The molecule has 0 saturated heterocycles. The van der Waals surface area contributed by atoms with E-state index in [-0.39, 0.29) is 18.8 Å². The minimum Gasteiger partial charge on any atom is -0.330 e. The van der Waals surface area contributed by atoms with E-state index in [4.69, 9.17) is 11.5 Å². The average molecular weight is 287 g/mol. The third-order valence-corrected chi connectivity index (χ3v) is 2.45. The molecule has 0 heterocycles. The molecule has 104 valence electrons. The second kappa shape index (κ2) is 6.92. The first kappa shape index (κ1) is 17.2. The molecule has 0 unspecified atom stereocenters. The number of rotatable bonds is 4. The Morgan fingerprint density at radius 1 is 1.22 bits per heavy atom. The molecular formula is C11H15ClF4N2. The first-order chi connectivity index (χ1) is 7.88. The Morgan fingerprint density at radius 3 is 2.33 bits per heavy atom. The van der Waals surface area contributed by atoms with Gasteiger partial charge >= 0.3 is 6.18 Å². The summed E-state index contributed by atoms with van der Waals surface area (Å²) in [7, 11) is 0. The molecule has 1 aromatic carbocycles. The molecule has 7 heteroatoms. The maximum atomic E-state index is 13.4. The zero-order valence-electron chi connectivity index (χ0n) is 9.51. The van der Waals surface area contributed by atoms with Gasteiger partial charge in [0.2, 0.25) is 0 Å². The normalized spacial score (nSPS) is 13.0. The molecular weight excluding hydrogens is 272 g/mol. The van der Waals surface area contributed by atoms with Crippen molar-refractivity contribution in [3.8, 4) is 0 Å². The van der Waals surface area contributed by atoms with Gasteiger partial charge in [0.1, 0.15) is 5.82 Å². The number of hydrogen-bond donors (Lipinski definition) is 2. The minimum atomic E-state index is -4.60. The summed E-state index contributed by atoms with van der Waals surface area (Å²) < 4.78 is 51.4. The highest BCUT2D eigenvalue weighted by atomic mass is 35.5. The van der Waals surface area contributed by atoms with E-state index in [0.29, 0.717) is 13.0 Å². The van der Waals surface area contributed by atoms with Gasteiger partial charge < -0.3 is 11.5 Å². The van der Waals surface area contributed by atoms with E-state index in [2.05, 4.69) is 0 Å². The molecule has 1 rings (SSSR count). The van der Waals surface area contributed by atoms with Gasteiger partial charge in [-0.2, -0.15) is 13.2 Å². The Labute approximate surface area is 109 Å². The van der Waals surface area contributed by atoms with Crippen molar-refractivity contribution < 1.29 is 17.6 Å². The predicted molar refractivity (Wildman–Crippen MR) is 63.9 cm³/mol. The summed E-state index contributed by atoms with van der Waals surface area (Å²) >= 11 is 0. The van der Waals surface area contributed by atoms with E-state index in [1.165, 1.54) is 0 Å². The second-order valence-electron chi connectivity index (χ2n) is 3.74. The van der Waals surface area contributed by atoms with Crippen LogP contribution in [0, 0.1) is 5.82 Å². The Bertz CT molecular complexity index is 382. The molecule has 0 fully saturated rings. The summed E-state index contributed by atoms with van der Waals surface area (Å²) in [5, 5.41) is 0. The van der Waals surface area contributed by atoms with Crippen molar-refractivity contribution >= 4 is 12.4 Å². The van der Waals surface area contributed by atoms with Gasteiger partial charge in [-0.25, -0.2) is 4.39 Å². The van der Waals surface area contributed by atoms with Gasteiger partial charge in [-0.3, -0.25) is 0 Å². The van der Waals surface area contributed by atoms with E-state index in [1.54, 1.807) is 0 Å². The molecule has 0 saturated carbocycles. The van der Waals surface area contributed by atoms with Gasteiger partial charge in [0.15, 0.2) is 0 Å². The summed E-state index contributed by atoms with van der Waals surface area (Å²) in [6.07, 6.45) is -3.93. The second-order valence-corrected chi connectivity index (χ2v) is 3.74. The van der Waals surface area contributed by atoms with E-state index >= 15 is 0 Å². The predicted octanol–water partition coefficient (Wildman–Crippen LogP) is 3.01. The lowest BCUT2D eigenvalue weighted by atomic mass is 9.96. The Morgan fingerprint density at radius 2 is 1.83 bits per heavy atom. The fraction of sp³-hybridized carbons (Fsp3) is 0.455. The number of nitrogens with two attached hydrogens (primary N) is 2. The molecule has 0 aliphatic heterocycles. The highest BCUT2D eigenvalue weighted by molar-refractivity contribution is 5.85. The lowest BCUT2D eigenvalue weighted by molar-refractivity contribution is -0.138. The first-order valence-electron chi connectivity index (χ1n) is 5.19. The van der Waals surface area contributed by atoms with Crippen LogP contribution in [0.15, 0.2) is 18.2 Å². The molecule has 0 amide bonds. The first-order valence-corrected chi connectivity index (χ1v) is 5.19. The van der Waals surface area contributed by atoms with Crippen LogP contribution in [0.4, 0.5) is 17.6 Å². The van der Waals surface area contributed by atoms with Crippen LogP contribution in [0.2, 0.25) is 0 Å². The lowest BCUT2D eigenvalue weighted by Gasteiger charge is -2.18. The van der Waals surface area contributed by atoms with Gasteiger partial charge in [-0.15, -0.1) is 12.4 Å². The average Bonchev–Trinajstić information content (AvgIpc) is 2.24. The van der Waals surface area contributed by atoms with Gasteiger partial charge in [0, 0.05) is 11.6 Å². The van der Waals surface area contributed by atoms with Crippen LogP contribution in [0.3, 0.4) is 0 Å². The van der Waals surface area contributed by atoms with Crippen molar-refractivity contribution in [2.24, 2.45) is 11.5 Å². The third-order valence-electron chi connectivity index (χ3n) is 2.45. The van der Waals surface area contributed by atoms with Crippen LogP contribution >= 0.6 is 12.4 Å². The van der Waals surface area contributed by atoms with Crippen molar-refractivity contribution in [3.05, 3.63) is 35.1 Å². The number of alkyl halides is 3. The van der Waals surface area contributed by atoms with E-state index in [1.807, 2.05) is 0 Å². The van der Waals surface area contributed by atoms with Gasteiger partial charge in [-0.05, 0) is 31.5 Å². The number of benzene rings is 1. The molecule has 18 heavy (non-hydrogen) atoms. The Kier molecular flexibility index (Phi) is 6.59. The molecule has 2 nitrogen and oxygen atoms in total. The summed E-state index contributed by atoms with van der Waals surface area (Å²) in [4.78, 5) is 0. The van der Waals surface area contributed by atoms with Crippen LogP contribution in [-0.4, -0.2) is 6.54 Å². The Hall–Kier alpha value is -0.850. The fourth-order valence-electron chi connectivity index (χ4n) is 1.64. The van der Waals surface area contributed by atoms with Crippen LogP contribution in [-0.2, 0) is 6.18 Å². The molecule has 0 bridgehead atoms. The van der Waals surface area contributed by atoms with Gasteiger partial charge in [0.05, 0.1) is 5.56 Å². The molecule has 4 N–H and O–H groups in total. The van der Waals surface area contributed by atoms with Gasteiger partial charge in [0.25, 0.3) is 0 Å². The number of halogens is 5. The van der Waals surface area contributed by atoms with Crippen molar-refractivity contribution in [1.82, 2.24) is 0 Å². The molecule has 0 spiro atoms. The highest BCUT2D eigenvalue weighted by Crippen LogP contribution is 2.36.